The minimum absolute atomic E-state index is 0.0392. The molecule has 20 heavy (non-hydrogen) atoms. The van der Waals surface area contributed by atoms with Crippen molar-refractivity contribution in [1.29, 1.82) is 0 Å². The molecule has 0 aromatic carbocycles. The molecule has 1 aliphatic heterocycles. The first-order valence-electron chi connectivity index (χ1n) is 6.79. The lowest BCUT2D eigenvalue weighted by Gasteiger charge is -2.26. The van der Waals surface area contributed by atoms with Crippen LogP contribution in [0.5, 0.6) is 0 Å². The van der Waals surface area contributed by atoms with E-state index in [9.17, 15) is 10.1 Å². The second-order valence-corrected chi connectivity index (χ2v) is 4.79. The molecule has 1 aliphatic rings. The van der Waals surface area contributed by atoms with Crippen LogP contribution in [0.15, 0.2) is 12.1 Å². The second kappa shape index (κ2) is 7.01. The topological polar surface area (TPSA) is 109 Å². The predicted octanol–water partition coefficient (Wildman–Crippen LogP) is 1.17. The van der Waals surface area contributed by atoms with Gasteiger partial charge >= 0.3 is 5.69 Å². The average molecular weight is 280 g/mol. The van der Waals surface area contributed by atoms with E-state index in [0.29, 0.717) is 12.4 Å². The molecule has 0 unspecified atom stereocenters. The molecule has 1 saturated heterocycles. The van der Waals surface area contributed by atoms with Crippen LogP contribution in [0.2, 0.25) is 0 Å². The molecule has 2 heterocycles. The number of pyridine rings is 1. The number of nitrogens with one attached hydrogen (secondary N) is 2. The zero-order valence-electron chi connectivity index (χ0n) is 11.3. The Bertz CT molecular complexity index is 461. The Kier molecular flexibility index (Phi) is 5.08. The first-order chi connectivity index (χ1) is 9.70. The normalized spacial score (nSPS) is 15.8. The molecule has 110 valence electrons. The van der Waals surface area contributed by atoms with Gasteiger partial charge in [0.15, 0.2) is 0 Å². The van der Waals surface area contributed by atoms with Gasteiger partial charge in [-0.25, -0.2) is 10.8 Å². The van der Waals surface area contributed by atoms with Gasteiger partial charge < -0.3 is 15.6 Å². The summed E-state index contributed by atoms with van der Waals surface area (Å²) in [5, 5.41) is 14.0. The summed E-state index contributed by atoms with van der Waals surface area (Å²) in [6.45, 7) is 3.68. The number of nitrogens with zero attached hydrogens (tertiary/aromatic N) is 3. The maximum absolute atomic E-state index is 10.9. The van der Waals surface area contributed by atoms with E-state index in [1.54, 1.807) is 0 Å². The monoisotopic (exact) mass is 280 g/mol. The number of aromatic nitrogens is 1. The molecule has 1 aromatic rings. The fraction of sp³-hybridized carbons (Fsp3) is 0.583. The van der Waals surface area contributed by atoms with E-state index in [1.807, 2.05) is 0 Å². The smallest absolute Gasteiger partial charge is 0.311 e. The number of rotatable bonds is 6. The molecule has 1 fully saturated rings. The predicted molar refractivity (Wildman–Crippen MR) is 77.5 cm³/mol. The van der Waals surface area contributed by atoms with Crippen LogP contribution in [-0.4, -0.2) is 41.0 Å². The molecule has 0 aliphatic carbocycles. The number of piperidine rings is 1. The van der Waals surface area contributed by atoms with Crippen molar-refractivity contribution in [2.24, 2.45) is 5.84 Å². The number of nitro groups is 1. The van der Waals surface area contributed by atoms with Crippen LogP contribution in [0, 0.1) is 10.1 Å². The first-order valence-corrected chi connectivity index (χ1v) is 6.79. The third kappa shape index (κ3) is 3.78. The number of likely N-dealkylation sites (tertiary alicyclic amines) is 1. The Morgan fingerprint density at radius 3 is 2.75 bits per heavy atom. The van der Waals surface area contributed by atoms with Crippen molar-refractivity contribution in [2.45, 2.75) is 19.3 Å². The van der Waals surface area contributed by atoms with E-state index in [1.165, 1.54) is 31.4 Å². The SMILES string of the molecule is NNc1ccc([N+](=O)[O-])c(NCCN2CCCCC2)n1. The third-order valence-corrected chi connectivity index (χ3v) is 3.39. The van der Waals surface area contributed by atoms with Crippen LogP contribution in [-0.2, 0) is 0 Å². The highest BCUT2D eigenvalue weighted by atomic mass is 16.6. The molecule has 8 nitrogen and oxygen atoms in total. The van der Waals surface area contributed by atoms with Crippen molar-refractivity contribution in [2.75, 3.05) is 36.9 Å². The molecule has 0 radical (unpaired) electrons. The molecule has 1 aromatic heterocycles. The van der Waals surface area contributed by atoms with Gasteiger partial charge in [0.1, 0.15) is 5.82 Å². The molecule has 0 saturated carbocycles. The van der Waals surface area contributed by atoms with Crippen molar-refractivity contribution in [3.05, 3.63) is 22.2 Å². The van der Waals surface area contributed by atoms with Crippen LogP contribution >= 0.6 is 0 Å². The summed E-state index contributed by atoms with van der Waals surface area (Å²) >= 11 is 0. The van der Waals surface area contributed by atoms with Crippen molar-refractivity contribution in [1.82, 2.24) is 9.88 Å². The molecule has 4 N–H and O–H groups in total. The minimum Gasteiger partial charge on any atom is -0.363 e. The highest BCUT2D eigenvalue weighted by Gasteiger charge is 2.16. The molecule has 0 atom stereocenters. The number of nitrogen functional groups attached to an aromatic ring is 1. The summed E-state index contributed by atoms with van der Waals surface area (Å²) < 4.78 is 0. The minimum atomic E-state index is -0.448. The Labute approximate surface area is 117 Å². The molecule has 8 heteroatoms. The van der Waals surface area contributed by atoms with E-state index in [0.717, 1.165) is 19.6 Å². The largest absolute Gasteiger partial charge is 0.363 e. The second-order valence-electron chi connectivity index (χ2n) is 4.79. The molecular weight excluding hydrogens is 260 g/mol. The summed E-state index contributed by atoms with van der Waals surface area (Å²) in [6, 6.07) is 2.87. The molecule has 0 spiro atoms. The first kappa shape index (κ1) is 14.5. The van der Waals surface area contributed by atoms with Crippen molar-refractivity contribution < 1.29 is 4.92 Å². The Balaban J connectivity index is 1.94. The van der Waals surface area contributed by atoms with Gasteiger partial charge in [0, 0.05) is 19.2 Å². The van der Waals surface area contributed by atoms with Crippen LogP contribution in [0.1, 0.15) is 19.3 Å². The summed E-state index contributed by atoms with van der Waals surface area (Å²) in [5.74, 6) is 5.92. The quantitative estimate of drug-likeness (QED) is 0.407. The van der Waals surface area contributed by atoms with Crippen molar-refractivity contribution in [3.63, 3.8) is 0 Å². The van der Waals surface area contributed by atoms with Crippen LogP contribution in [0.4, 0.5) is 17.3 Å². The lowest BCUT2D eigenvalue weighted by atomic mass is 10.1. The van der Waals surface area contributed by atoms with E-state index >= 15 is 0 Å². The summed E-state index contributed by atoms with van der Waals surface area (Å²) in [7, 11) is 0. The summed E-state index contributed by atoms with van der Waals surface area (Å²) in [6.07, 6.45) is 3.75. The lowest BCUT2D eigenvalue weighted by Crippen LogP contribution is -2.33. The van der Waals surface area contributed by atoms with Crippen molar-refractivity contribution in [3.8, 4) is 0 Å². The maximum Gasteiger partial charge on any atom is 0.311 e. The van der Waals surface area contributed by atoms with Crippen LogP contribution in [0.25, 0.3) is 0 Å². The van der Waals surface area contributed by atoms with Gasteiger partial charge in [-0.15, -0.1) is 0 Å². The Morgan fingerprint density at radius 2 is 2.10 bits per heavy atom. The molecular formula is C12H20N6O2. The van der Waals surface area contributed by atoms with Gasteiger partial charge in [0.25, 0.3) is 0 Å². The van der Waals surface area contributed by atoms with E-state index < -0.39 is 4.92 Å². The van der Waals surface area contributed by atoms with Gasteiger partial charge in [-0.1, -0.05) is 6.42 Å². The maximum atomic E-state index is 10.9. The lowest BCUT2D eigenvalue weighted by molar-refractivity contribution is -0.384. The highest BCUT2D eigenvalue weighted by molar-refractivity contribution is 5.59. The van der Waals surface area contributed by atoms with Gasteiger partial charge in [-0.05, 0) is 32.0 Å². The Morgan fingerprint density at radius 1 is 1.35 bits per heavy atom. The Hall–Kier alpha value is -1.93. The van der Waals surface area contributed by atoms with Crippen LogP contribution < -0.4 is 16.6 Å². The number of hydrogen-bond acceptors (Lipinski definition) is 7. The van der Waals surface area contributed by atoms with Gasteiger partial charge in [-0.2, -0.15) is 0 Å². The number of nitrogens with two attached hydrogens (primary N) is 1. The van der Waals surface area contributed by atoms with E-state index in [4.69, 9.17) is 5.84 Å². The molecule has 0 bridgehead atoms. The number of anilines is 2. The highest BCUT2D eigenvalue weighted by Crippen LogP contribution is 2.23. The zero-order valence-corrected chi connectivity index (χ0v) is 11.3. The fourth-order valence-corrected chi connectivity index (χ4v) is 2.33. The van der Waals surface area contributed by atoms with Crippen LogP contribution in [0.3, 0.4) is 0 Å². The van der Waals surface area contributed by atoms with E-state index in [-0.39, 0.29) is 11.5 Å². The third-order valence-electron chi connectivity index (χ3n) is 3.39. The van der Waals surface area contributed by atoms with Gasteiger partial charge in [0.05, 0.1) is 4.92 Å². The number of hydrazine groups is 1. The average Bonchev–Trinajstić information content (AvgIpc) is 2.48. The summed E-state index contributed by atoms with van der Waals surface area (Å²) in [5.41, 5.74) is 2.35. The van der Waals surface area contributed by atoms with Crippen molar-refractivity contribution >= 4 is 17.3 Å². The molecule has 2 rings (SSSR count). The zero-order chi connectivity index (χ0) is 14.4. The fourth-order valence-electron chi connectivity index (χ4n) is 2.33. The molecule has 0 amide bonds. The van der Waals surface area contributed by atoms with E-state index in [2.05, 4.69) is 20.6 Å². The summed E-state index contributed by atoms with van der Waals surface area (Å²) in [4.78, 5) is 16.9. The standard InChI is InChI=1S/C12H20N6O2/c13-16-11-5-4-10(18(19)20)12(15-11)14-6-9-17-7-2-1-3-8-17/h4-5H,1-3,6-9,13H2,(H2,14,15,16). The van der Waals surface area contributed by atoms with Gasteiger partial charge in [-0.3, -0.25) is 10.1 Å². The number of hydrogen-bond donors (Lipinski definition) is 3. The van der Waals surface area contributed by atoms with Gasteiger partial charge in [0.2, 0.25) is 5.82 Å².